The lowest BCUT2D eigenvalue weighted by Gasteiger charge is -2.18. The molecule has 1 rings (SSSR count). The van der Waals surface area contributed by atoms with Crippen LogP contribution in [0.1, 0.15) is 5.56 Å². The zero-order valence-electron chi connectivity index (χ0n) is 8.32. The van der Waals surface area contributed by atoms with Crippen LogP contribution in [-0.4, -0.2) is 12.0 Å². The van der Waals surface area contributed by atoms with Crippen molar-refractivity contribution in [2.75, 3.05) is 10.9 Å². The van der Waals surface area contributed by atoms with Gasteiger partial charge in [-0.2, -0.15) is 0 Å². The van der Waals surface area contributed by atoms with E-state index in [2.05, 4.69) is 0 Å². The highest BCUT2D eigenvalue weighted by molar-refractivity contribution is 6.21. The Labute approximate surface area is 104 Å². The molecule has 0 aliphatic heterocycles. The molecule has 0 atom stereocenters. The third-order valence-corrected chi connectivity index (χ3v) is 2.16. The number of carbonyl (C=O) groups excluding carboxylic acids is 1. The van der Waals surface area contributed by atoms with E-state index in [0.29, 0.717) is 5.56 Å². The average Bonchev–Trinajstić information content (AvgIpc) is 2.20. The zero-order valence-corrected chi connectivity index (χ0v) is 9.89. The van der Waals surface area contributed by atoms with Crippen LogP contribution in [0.15, 0.2) is 18.2 Å². The number of nitrogens with zero attached hydrogens (tertiary/aromatic N) is 1. The van der Waals surface area contributed by atoms with E-state index in [1.807, 2.05) is 0 Å². The van der Waals surface area contributed by atoms with Crippen molar-refractivity contribution in [3.63, 3.8) is 0 Å². The molecule has 90 valence electrons. The van der Waals surface area contributed by atoms with Crippen molar-refractivity contribution in [1.29, 1.82) is 0 Å². The van der Waals surface area contributed by atoms with Crippen molar-refractivity contribution in [2.45, 2.75) is 6.54 Å². The molecule has 4 nitrogen and oxygen atoms in total. The molecule has 1 aromatic rings. The molecule has 0 fully saturated rings. The summed E-state index contributed by atoms with van der Waals surface area (Å²) >= 11 is 5.48. The standard InChI is InChI=1S/C9H11ClFN3O.ClH/c10-5-14(9(13)15)8-2-1-6(4-12)3-7(8)11;/h1-3H,4-5,12H2,(H2,13,15);1H. The van der Waals surface area contributed by atoms with Gasteiger partial charge in [-0.25, -0.2) is 9.18 Å². The van der Waals surface area contributed by atoms with Crippen molar-refractivity contribution in [1.82, 2.24) is 0 Å². The van der Waals surface area contributed by atoms with E-state index in [9.17, 15) is 9.18 Å². The number of anilines is 1. The summed E-state index contributed by atoms with van der Waals surface area (Å²) in [5, 5.41) is 0. The fourth-order valence-corrected chi connectivity index (χ4v) is 1.38. The summed E-state index contributed by atoms with van der Waals surface area (Å²) in [6, 6.07) is 3.28. The fourth-order valence-electron chi connectivity index (χ4n) is 1.14. The van der Waals surface area contributed by atoms with Crippen LogP contribution >= 0.6 is 24.0 Å². The summed E-state index contributed by atoms with van der Waals surface area (Å²) in [7, 11) is 0. The average molecular weight is 268 g/mol. The van der Waals surface area contributed by atoms with Gasteiger partial charge in [-0.1, -0.05) is 6.07 Å². The third kappa shape index (κ3) is 3.23. The second-order valence-electron chi connectivity index (χ2n) is 2.88. The molecule has 0 bridgehead atoms. The molecule has 0 spiro atoms. The topological polar surface area (TPSA) is 72.3 Å². The molecule has 0 aliphatic carbocycles. The molecule has 16 heavy (non-hydrogen) atoms. The van der Waals surface area contributed by atoms with E-state index in [4.69, 9.17) is 23.1 Å². The Kier molecular flexibility index (Phi) is 6.10. The molecule has 0 saturated heterocycles. The number of hydrogen-bond donors (Lipinski definition) is 2. The number of amides is 2. The van der Waals surface area contributed by atoms with Crippen LogP contribution in [0.3, 0.4) is 0 Å². The van der Waals surface area contributed by atoms with Gasteiger partial charge in [-0.15, -0.1) is 24.0 Å². The second kappa shape index (κ2) is 6.52. The number of nitrogens with two attached hydrogens (primary N) is 2. The van der Waals surface area contributed by atoms with Gasteiger partial charge in [0.2, 0.25) is 0 Å². The minimum Gasteiger partial charge on any atom is -0.351 e. The Morgan fingerprint density at radius 3 is 2.50 bits per heavy atom. The monoisotopic (exact) mass is 267 g/mol. The summed E-state index contributed by atoms with van der Waals surface area (Å²) in [5.74, 6) is -0.572. The summed E-state index contributed by atoms with van der Waals surface area (Å²) < 4.78 is 13.5. The smallest absolute Gasteiger partial charge is 0.320 e. The van der Waals surface area contributed by atoms with E-state index < -0.39 is 11.8 Å². The maximum atomic E-state index is 13.5. The van der Waals surface area contributed by atoms with E-state index in [1.165, 1.54) is 12.1 Å². The lowest BCUT2D eigenvalue weighted by atomic mass is 10.2. The molecule has 0 unspecified atom stereocenters. The van der Waals surface area contributed by atoms with Crippen LogP contribution in [0.25, 0.3) is 0 Å². The van der Waals surface area contributed by atoms with Crippen molar-refractivity contribution in [3.8, 4) is 0 Å². The molecular weight excluding hydrogens is 256 g/mol. The first-order valence-corrected chi connectivity index (χ1v) is 4.75. The lowest BCUT2D eigenvalue weighted by Crippen LogP contribution is -2.35. The number of halogens is 3. The van der Waals surface area contributed by atoms with Gasteiger partial charge in [0.25, 0.3) is 0 Å². The number of primary amides is 1. The van der Waals surface area contributed by atoms with Crippen molar-refractivity contribution in [3.05, 3.63) is 29.6 Å². The van der Waals surface area contributed by atoms with E-state index in [1.54, 1.807) is 6.07 Å². The Hall–Kier alpha value is -1.04. The minimum atomic E-state index is -0.801. The number of urea groups is 1. The number of carbonyl (C=O) groups is 1. The maximum Gasteiger partial charge on any atom is 0.320 e. The number of alkyl halides is 1. The first kappa shape index (κ1) is 15.0. The fraction of sp³-hybridized carbons (Fsp3) is 0.222. The molecule has 7 heteroatoms. The van der Waals surface area contributed by atoms with E-state index >= 15 is 0 Å². The van der Waals surface area contributed by atoms with Crippen LogP contribution in [0.4, 0.5) is 14.9 Å². The summed E-state index contributed by atoms with van der Waals surface area (Å²) in [6.07, 6.45) is 0. The number of rotatable bonds is 3. The van der Waals surface area contributed by atoms with Crippen LogP contribution in [0, 0.1) is 5.82 Å². The van der Waals surface area contributed by atoms with Gasteiger partial charge in [-0.05, 0) is 17.7 Å². The van der Waals surface area contributed by atoms with Crippen LogP contribution in [-0.2, 0) is 6.54 Å². The van der Waals surface area contributed by atoms with E-state index in [0.717, 1.165) is 4.90 Å². The van der Waals surface area contributed by atoms with Gasteiger partial charge in [0.1, 0.15) is 11.8 Å². The highest BCUT2D eigenvalue weighted by atomic mass is 35.5. The minimum absolute atomic E-state index is 0. The number of hydrogen-bond acceptors (Lipinski definition) is 2. The Bertz CT molecular complexity index is 376. The van der Waals surface area contributed by atoms with Gasteiger partial charge in [0.15, 0.2) is 0 Å². The third-order valence-electron chi connectivity index (χ3n) is 1.92. The highest BCUT2D eigenvalue weighted by Crippen LogP contribution is 2.20. The first-order chi connectivity index (χ1) is 7.10. The summed E-state index contributed by atoms with van der Waals surface area (Å²) in [5.41, 5.74) is 11.1. The predicted octanol–water partition coefficient (Wildman–Crippen LogP) is 1.79. The SMILES string of the molecule is Cl.NCc1ccc(N(CCl)C(N)=O)c(F)c1. The first-order valence-electron chi connectivity index (χ1n) is 4.21. The van der Waals surface area contributed by atoms with Crippen molar-refractivity contribution in [2.24, 2.45) is 11.5 Å². The molecule has 0 heterocycles. The van der Waals surface area contributed by atoms with E-state index in [-0.39, 0.29) is 30.6 Å². The Morgan fingerprint density at radius 1 is 1.50 bits per heavy atom. The van der Waals surface area contributed by atoms with Gasteiger partial charge >= 0.3 is 6.03 Å². The molecule has 1 aromatic carbocycles. The Morgan fingerprint density at radius 2 is 2.12 bits per heavy atom. The normalized spacial score (nSPS) is 9.44. The molecule has 0 aromatic heterocycles. The molecule has 4 N–H and O–H groups in total. The van der Waals surface area contributed by atoms with Crippen LogP contribution in [0.5, 0.6) is 0 Å². The lowest BCUT2D eigenvalue weighted by molar-refractivity contribution is 0.254. The predicted molar refractivity (Wildman–Crippen MR) is 64.3 cm³/mol. The molecule has 0 aliphatic rings. The van der Waals surface area contributed by atoms with Gasteiger partial charge < -0.3 is 11.5 Å². The van der Waals surface area contributed by atoms with Gasteiger partial charge in [0.05, 0.1) is 5.69 Å². The van der Waals surface area contributed by atoms with Crippen LogP contribution < -0.4 is 16.4 Å². The molecular formula is C9H12Cl2FN3O. The summed E-state index contributed by atoms with van der Waals surface area (Å²) in [6.45, 7) is 0.231. The molecule has 0 saturated carbocycles. The van der Waals surface area contributed by atoms with Crippen LogP contribution in [0.2, 0.25) is 0 Å². The zero-order chi connectivity index (χ0) is 11.4. The largest absolute Gasteiger partial charge is 0.351 e. The quantitative estimate of drug-likeness (QED) is 0.648. The highest BCUT2D eigenvalue weighted by Gasteiger charge is 2.15. The Balaban J connectivity index is 0.00000225. The number of benzene rings is 1. The van der Waals surface area contributed by atoms with Gasteiger partial charge in [0, 0.05) is 6.54 Å². The second-order valence-corrected chi connectivity index (χ2v) is 3.11. The molecule has 2 amide bonds. The van der Waals surface area contributed by atoms with Crippen molar-refractivity contribution >= 4 is 35.7 Å². The van der Waals surface area contributed by atoms with Crippen molar-refractivity contribution < 1.29 is 9.18 Å². The van der Waals surface area contributed by atoms with Gasteiger partial charge in [-0.3, -0.25) is 4.90 Å². The molecule has 0 radical (unpaired) electrons. The summed E-state index contributed by atoms with van der Waals surface area (Å²) in [4.78, 5) is 11.8. The maximum absolute atomic E-state index is 13.5.